The molecule has 0 amide bonds. The van der Waals surface area contributed by atoms with Gasteiger partial charge in [-0.2, -0.15) is 5.10 Å². The highest BCUT2D eigenvalue weighted by Gasteiger charge is 2.22. The van der Waals surface area contributed by atoms with Crippen molar-refractivity contribution >= 4 is 34.4 Å². The molecule has 0 aromatic carbocycles. The van der Waals surface area contributed by atoms with E-state index in [-0.39, 0.29) is 5.83 Å². The van der Waals surface area contributed by atoms with Gasteiger partial charge in [-0.1, -0.05) is 36.8 Å². The van der Waals surface area contributed by atoms with Crippen molar-refractivity contribution in [2.75, 3.05) is 19.6 Å². The van der Waals surface area contributed by atoms with E-state index in [0.29, 0.717) is 27.7 Å². The van der Waals surface area contributed by atoms with Gasteiger partial charge in [-0.25, -0.2) is 9.37 Å². The molecular weight excluding hydrogens is 533 g/mol. The average molecular weight is 568 g/mol. The van der Waals surface area contributed by atoms with E-state index in [1.54, 1.807) is 34.6 Å². The van der Waals surface area contributed by atoms with Gasteiger partial charge in [0.05, 0.1) is 21.0 Å². The van der Waals surface area contributed by atoms with E-state index < -0.39 is 0 Å². The fraction of sp³-hybridized carbons (Fsp3) is 0.281. The molecule has 41 heavy (non-hydrogen) atoms. The number of imidazole rings is 1. The lowest BCUT2D eigenvalue weighted by Gasteiger charge is -2.27. The van der Waals surface area contributed by atoms with Crippen LogP contribution in [0.5, 0.6) is 0 Å². The Morgan fingerprint density at radius 2 is 1.98 bits per heavy atom. The van der Waals surface area contributed by atoms with Gasteiger partial charge < -0.3 is 10.3 Å². The highest BCUT2D eigenvalue weighted by atomic mass is 32.1. The molecule has 0 spiro atoms. The van der Waals surface area contributed by atoms with Crippen molar-refractivity contribution in [1.82, 2.24) is 34.9 Å². The fourth-order valence-electron chi connectivity index (χ4n) is 5.59. The third kappa shape index (κ3) is 5.35. The van der Waals surface area contributed by atoms with Crippen LogP contribution < -0.4 is 15.9 Å². The summed E-state index contributed by atoms with van der Waals surface area (Å²) in [5.41, 5.74) is 5.27. The van der Waals surface area contributed by atoms with Gasteiger partial charge in [0, 0.05) is 37.8 Å². The fourth-order valence-corrected chi connectivity index (χ4v) is 6.31. The number of likely N-dealkylation sites (tertiary alicyclic amines) is 1. The maximum absolute atomic E-state index is 16.7. The molecule has 4 aromatic rings. The van der Waals surface area contributed by atoms with Crippen LogP contribution in [0.4, 0.5) is 4.39 Å². The summed E-state index contributed by atoms with van der Waals surface area (Å²) in [6.07, 6.45) is 17.3. The molecule has 1 fully saturated rings. The summed E-state index contributed by atoms with van der Waals surface area (Å²) in [6, 6.07) is 5.91. The number of allylic oxidation sites excluding steroid dienone is 5. The topological polar surface area (TPSA) is 74.7 Å². The Balaban J connectivity index is 1.45. The van der Waals surface area contributed by atoms with E-state index in [0.717, 1.165) is 52.4 Å². The van der Waals surface area contributed by atoms with Crippen LogP contribution >= 0.6 is 11.3 Å². The van der Waals surface area contributed by atoms with Crippen LogP contribution in [0.1, 0.15) is 33.1 Å². The quantitative estimate of drug-likeness (QED) is 0.296. The van der Waals surface area contributed by atoms with E-state index in [2.05, 4.69) is 38.4 Å². The first-order valence-corrected chi connectivity index (χ1v) is 15.0. The van der Waals surface area contributed by atoms with E-state index in [9.17, 15) is 0 Å². The molecule has 6 heterocycles. The predicted octanol–water partition coefficient (Wildman–Crippen LogP) is 5.32. The van der Waals surface area contributed by atoms with Crippen molar-refractivity contribution in [1.29, 1.82) is 0 Å². The molecule has 7 nitrogen and oxygen atoms in total. The smallest absolute Gasteiger partial charge is 0.159 e. The first kappa shape index (κ1) is 27.1. The van der Waals surface area contributed by atoms with Crippen molar-refractivity contribution in [2.45, 2.75) is 33.1 Å². The lowest BCUT2D eigenvalue weighted by Crippen LogP contribution is -2.31. The second kappa shape index (κ2) is 11.8. The summed E-state index contributed by atoms with van der Waals surface area (Å²) >= 11 is 1.61. The molecule has 0 aliphatic carbocycles. The minimum absolute atomic E-state index is 0.344. The molecule has 1 saturated heterocycles. The number of aryl methyl sites for hydroxylation is 1. The molecule has 2 aliphatic heterocycles. The van der Waals surface area contributed by atoms with E-state index in [4.69, 9.17) is 10.1 Å². The zero-order valence-corrected chi connectivity index (χ0v) is 24.4. The molecule has 9 heteroatoms. The number of hydrogen-bond acceptors (Lipinski definition) is 6. The number of rotatable bonds is 7. The van der Waals surface area contributed by atoms with Crippen LogP contribution in [0.3, 0.4) is 0 Å². The summed E-state index contributed by atoms with van der Waals surface area (Å²) in [5.74, 6) is 0.160. The molecule has 0 bridgehead atoms. The number of nitrogens with one attached hydrogen (secondary N) is 2. The van der Waals surface area contributed by atoms with Crippen LogP contribution in [-0.2, 0) is 7.05 Å². The SMILES string of the molecule is C/C=C/C(=C\C(=C/C)C1=CNC=c2c(c(-c3nc4c(-c5cccs5)nccc4[nH]3)nn2C)=C1F)CN1CCCCC1. The Labute approximate surface area is 242 Å². The highest BCUT2D eigenvalue weighted by molar-refractivity contribution is 7.13. The first-order valence-electron chi connectivity index (χ1n) is 14.1. The molecule has 6 rings (SSSR count). The number of aromatic nitrogens is 5. The standard InChI is InChI=1S/C32H34FN7S/c1-4-10-21(20-40-14-7-6-8-15-40)17-22(5-2)23-18-34-19-25-27(28(23)33)31(38-39(25)3)32-36-24-12-13-35-30(29(24)37-32)26-11-9-16-41-26/h4-5,9-13,16-19,34H,6-8,14-15,20H2,1-3H3,(H,36,37)/b10-4+,21-17+,22-5+. The Hall–Kier alpha value is -4.08. The van der Waals surface area contributed by atoms with E-state index in [1.165, 1.54) is 19.3 Å². The molecule has 0 saturated carbocycles. The first-order chi connectivity index (χ1) is 20.1. The number of H-pyrrole nitrogens is 1. The van der Waals surface area contributed by atoms with Gasteiger partial charge >= 0.3 is 0 Å². The number of hydrogen-bond donors (Lipinski definition) is 2. The minimum atomic E-state index is -0.344. The summed E-state index contributed by atoms with van der Waals surface area (Å²) < 4.78 is 18.4. The Morgan fingerprint density at radius 1 is 1.12 bits per heavy atom. The summed E-state index contributed by atoms with van der Waals surface area (Å²) in [5, 5.41) is 11.0. The van der Waals surface area contributed by atoms with Crippen molar-refractivity contribution in [2.24, 2.45) is 7.05 Å². The predicted molar refractivity (Wildman–Crippen MR) is 166 cm³/mol. The molecule has 2 aliphatic rings. The van der Waals surface area contributed by atoms with Gasteiger partial charge in [0.25, 0.3) is 0 Å². The second-order valence-corrected chi connectivity index (χ2v) is 11.3. The van der Waals surface area contributed by atoms with E-state index in [1.807, 2.05) is 50.6 Å². The Morgan fingerprint density at radius 3 is 2.73 bits per heavy atom. The van der Waals surface area contributed by atoms with Crippen molar-refractivity contribution in [3.05, 3.63) is 87.6 Å². The number of nitrogens with zero attached hydrogens (tertiary/aromatic N) is 5. The van der Waals surface area contributed by atoms with Crippen LogP contribution in [0, 0.1) is 0 Å². The highest BCUT2D eigenvalue weighted by Crippen LogP contribution is 2.30. The molecule has 0 unspecified atom stereocenters. The van der Waals surface area contributed by atoms with Crippen LogP contribution in [0.2, 0.25) is 0 Å². The number of halogens is 1. The number of piperidine rings is 1. The zero-order chi connectivity index (χ0) is 28.3. The summed E-state index contributed by atoms with van der Waals surface area (Å²) in [6.45, 7) is 7.02. The van der Waals surface area contributed by atoms with Gasteiger partial charge in [-0.05, 0) is 68.4 Å². The molecule has 4 aromatic heterocycles. The van der Waals surface area contributed by atoms with Crippen LogP contribution in [-0.4, -0.2) is 49.3 Å². The Bertz CT molecular complexity index is 1810. The van der Waals surface area contributed by atoms with Gasteiger partial charge in [0.2, 0.25) is 0 Å². The molecule has 210 valence electrons. The molecular formula is C32H34FN7S. The summed E-state index contributed by atoms with van der Waals surface area (Å²) in [7, 11) is 1.82. The number of thiophene rings is 1. The van der Waals surface area contributed by atoms with E-state index >= 15 is 4.39 Å². The van der Waals surface area contributed by atoms with Crippen molar-refractivity contribution in [3.8, 4) is 22.1 Å². The average Bonchev–Trinajstić information content (AvgIpc) is 3.71. The lowest BCUT2D eigenvalue weighted by molar-refractivity contribution is 0.248. The molecule has 2 N–H and O–H groups in total. The van der Waals surface area contributed by atoms with Crippen molar-refractivity contribution in [3.63, 3.8) is 0 Å². The molecule has 0 atom stereocenters. The Kier molecular flexibility index (Phi) is 7.80. The number of fused-ring (bicyclic) bond motifs is 2. The summed E-state index contributed by atoms with van der Waals surface area (Å²) in [4.78, 5) is 16.4. The number of aromatic amines is 1. The van der Waals surface area contributed by atoms with Crippen LogP contribution in [0.25, 0.3) is 45.1 Å². The van der Waals surface area contributed by atoms with Gasteiger partial charge in [0.15, 0.2) is 5.82 Å². The molecule has 0 radical (unpaired) electrons. The normalized spacial score (nSPS) is 17.0. The third-order valence-electron chi connectivity index (χ3n) is 7.57. The van der Waals surface area contributed by atoms with Gasteiger partial charge in [-0.3, -0.25) is 14.6 Å². The largest absolute Gasteiger partial charge is 0.365 e. The van der Waals surface area contributed by atoms with Crippen molar-refractivity contribution < 1.29 is 4.39 Å². The van der Waals surface area contributed by atoms with Gasteiger partial charge in [0.1, 0.15) is 22.7 Å². The third-order valence-corrected chi connectivity index (χ3v) is 8.45. The maximum Gasteiger partial charge on any atom is 0.159 e. The second-order valence-electron chi connectivity index (χ2n) is 10.3. The lowest BCUT2D eigenvalue weighted by atomic mass is 10.00. The zero-order valence-electron chi connectivity index (χ0n) is 23.6. The monoisotopic (exact) mass is 567 g/mol. The minimum Gasteiger partial charge on any atom is -0.365 e. The number of pyridine rings is 1. The van der Waals surface area contributed by atoms with Gasteiger partial charge in [-0.15, -0.1) is 11.3 Å². The maximum atomic E-state index is 16.7. The van der Waals surface area contributed by atoms with Crippen LogP contribution in [0.15, 0.2) is 77.0 Å².